The molecule has 0 spiro atoms. The van der Waals surface area contributed by atoms with Crippen molar-refractivity contribution < 1.29 is 4.79 Å². The van der Waals surface area contributed by atoms with Gasteiger partial charge < -0.3 is 4.90 Å². The molecule has 2 rings (SSSR count). The molecule has 98 valence electrons. The van der Waals surface area contributed by atoms with Gasteiger partial charge in [0.15, 0.2) is 5.78 Å². The van der Waals surface area contributed by atoms with E-state index in [0.29, 0.717) is 11.1 Å². The fraction of sp³-hybridized carbons (Fsp3) is 0.250. The Hall–Kier alpha value is -2.16. The van der Waals surface area contributed by atoms with Gasteiger partial charge in [-0.1, -0.05) is 30.3 Å². The van der Waals surface area contributed by atoms with E-state index in [1.807, 2.05) is 42.5 Å². The summed E-state index contributed by atoms with van der Waals surface area (Å²) in [5, 5.41) is 0. The molecular weight excluding hydrogens is 236 g/mol. The second kappa shape index (κ2) is 6.14. The van der Waals surface area contributed by atoms with E-state index in [1.165, 1.54) is 0 Å². The van der Waals surface area contributed by atoms with Crippen LogP contribution in [0, 0.1) is 0 Å². The van der Waals surface area contributed by atoms with Crippen molar-refractivity contribution in [2.24, 2.45) is 0 Å². The van der Waals surface area contributed by atoms with Crippen molar-refractivity contribution in [1.82, 2.24) is 4.98 Å². The molecule has 0 saturated carbocycles. The monoisotopic (exact) mass is 254 g/mol. The van der Waals surface area contributed by atoms with Crippen molar-refractivity contribution in [3.05, 3.63) is 59.8 Å². The van der Waals surface area contributed by atoms with Gasteiger partial charge in [0.25, 0.3) is 0 Å². The van der Waals surface area contributed by atoms with Crippen LogP contribution in [0.5, 0.6) is 0 Å². The molecule has 1 aromatic carbocycles. The number of rotatable bonds is 5. The summed E-state index contributed by atoms with van der Waals surface area (Å²) in [6.07, 6.45) is 1.66. The minimum Gasteiger partial charge on any atom is -0.357 e. The first-order chi connectivity index (χ1) is 9.26. The third kappa shape index (κ3) is 2.99. The van der Waals surface area contributed by atoms with E-state index < -0.39 is 0 Å². The third-order valence-electron chi connectivity index (χ3n) is 3.13. The summed E-state index contributed by atoms with van der Waals surface area (Å²) in [5.74, 6) is 0.925. The first kappa shape index (κ1) is 13.3. The van der Waals surface area contributed by atoms with Gasteiger partial charge in [-0.2, -0.15) is 0 Å². The second-order valence-electron chi connectivity index (χ2n) is 4.27. The predicted octanol–water partition coefficient (Wildman–Crippen LogP) is 3.16. The van der Waals surface area contributed by atoms with Crippen LogP contribution >= 0.6 is 0 Å². The van der Waals surface area contributed by atoms with Crippen molar-refractivity contribution >= 4 is 11.6 Å². The van der Waals surface area contributed by atoms with Crippen molar-refractivity contribution in [3.63, 3.8) is 0 Å². The van der Waals surface area contributed by atoms with Crippen LogP contribution in [-0.2, 0) is 0 Å². The van der Waals surface area contributed by atoms with Gasteiger partial charge in [-0.05, 0) is 26.0 Å². The maximum absolute atomic E-state index is 12.2. The molecule has 3 heteroatoms. The molecule has 0 aliphatic rings. The highest BCUT2D eigenvalue weighted by atomic mass is 16.1. The smallest absolute Gasteiger partial charge is 0.194 e. The van der Waals surface area contributed by atoms with Crippen LogP contribution in [0.1, 0.15) is 29.8 Å². The first-order valence-corrected chi connectivity index (χ1v) is 6.57. The Morgan fingerprint density at radius 1 is 1.00 bits per heavy atom. The van der Waals surface area contributed by atoms with E-state index in [4.69, 9.17) is 0 Å². The highest BCUT2D eigenvalue weighted by molar-refractivity contribution is 6.08. The van der Waals surface area contributed by atoms with E-state index >= 15 is 0 Å². The molecule has 0 radical (unpaired) electrons. The standard InChI is InChI=1S/C16H18N2O/c1-3-18(4-2)15-11-10-14(12-17-15)16(19)13-8-6-5-7-9-13/h5-12H,3-4H2,1-2H3. The first-order valence-electron chi connectivity index (χ1n) is 6.57. The minimum absolute atomic E-state index is 0.0131. The lowest BCUT2D eigenvalue weighted by Gasteiger charge is -2.19. The number of nitrogens with zero attached hydrogens (tertiary/aromatic N) is 2. The summed E-state index contributed by atoms with van der Waals surface area (Å²) in [6, 6.07) is 13.0. The summed E-state index contributed by atoms with van der Waals surface area (Å²) < 4.78 is 0. The Morgan fingerprint density at radius 2 is 1.68 bits per heavy atom. The van der Waals surface area contributed by atoms with Crippen molar-refractivity contribution in [1.29, 1.82) is 0 Å². The molecule has 2 aromatic rings. The number of anilines is 1. The molecule has 0 unspecified atom stereocenters. The van der Waals surface area contributed by atoms with Crippen LogP contribution in [0.15, 0.2) is 48.7 Å². The molecule has 19 heavy (non-hydrogen) atoms. The van der Waals surface area contributed by atoms with Crippen LogP contribution in [0.25, 0.3) is 0 Å². The lowest BCUT2D eigenvalue weighted by molar-refractivity contribution is 0.103. The number of aromatic nitrogens is 1. The maximum Gasteiger partial charge on any atom is 0.194 e. The summed E-state index contributed by atoms with van der Waals surface area (Å²) in [7, 11) is 0. The van der Waals surface area contributed by atoms with Gasteiger partial charge in [-0.25, -0.2) is 4.98 Å². The highest BCUT2D eigenvalue weighted by Gasteiger charge is 2.10. The molecule has 1 aromatic heterocycles. The van der Waals surface area contributed by atoms with Gasteiger partial charge in [0.2, 0.25) is 0 Å². The van der Waals surface area contributed by atoms with Gasteiger partial charge in [-0.3, -0.25) is 4.79 Å². The number of carbonyl (C=O) groups is 1. The van der Waals surface area contributed by atoms with E-state index in [2.05, 4.69) is 23.7 Å². The molecule has 3 nitrogen and oxygen atoms in total. The predicted molar refractivity (Wildman–Crippen MR) is 77.7 cm³/mol. The minimum atomic E-state index is 0.0131. The van der Waals surface area contributed by atoms with E-state index in [1.54, 1.807) is 6.20 Å². The van der Waals surface area contributed by atoms with E-state index in [9.17, 15) is 4.79 Å². The van der Waals surface area contributed by atoms with Crippen LogP contribution < -0.4 is 4.90 Å². The Labute approximate surface area is 113 Å². The molecule has 1 heterocycles. The lowest BCUT2D eigenvalue weighted by atomic mass is 10.1. The largest absolute Gasteiger partial charge is 0.357 e. The van der Waals surface area contributed by atoms with Crippen molar-refractivity contribution in [2.75, 3.05) is 18.0 Å². The molecule has 0 aliphatic carbocycles. The molecule has 0 N–H and O–H groups in total. The number of benzene rings is 1. The zero-order valence-electron chi connectivity index (χ0n) is 11.3. The topological polar surface area (TPSA) is 33.2 Å². The van der Waals surface area contributed by atoms with Gasteiger partial charge in [0.1, 0.15) is 5.82 Å². The molecule has 0 atom stereocenters. The number of carbonyl (C=O) groups excluding carboxylic acids is 1. The Bertz CT molecular complexity index is 530. The lowest BCUT2D eigenvalue weighted by Crippen LogP contribution is -2.22. The van der Waals surface area contributed by atoms with Gasteiger partial charge in [-0.15, -0.1) is 0 Å². The van der Waals surface area contributed by atoms with Crippen LogP contribution in [0.2, 0.25) is 0 Å². The normalized spacial score (nSPS) is 10.2. The summed E-state index contributed by atoms with van der Waals surface area (Å²) in [6.45, 7) is 6.01. The molecule has 0 amide bonds. The Kier molecular flexibility index (Phi) is 4.29. The van der Waals surface area contributed by atoms with Crippen LogP contribution in [0.3, 0.4) is 0 Å². The molecular formula is C16H18N2O. The fourth-order valence-corrected chi connectivity index (χ4v) is 2.01. The average molecular weight is 254 g/mol. The zero-order chi connectivity index (χ0) is 13.7. The van der Waals surface area contributed by atoms with Crippen LogP contribution in [0.4, 0.5) is 5.82 Å². The zero-order valence-corrected chi connectivity index (χ0v) is 11.3. The Morgan fingerprint density at radius 3 is 2.21 bits per heavy atom. The van der Waals surface area contributed by atoms with Crippen molar-refractivity contribution in [3.8, 4) is 0 Å². The van der Waals surface area contributed by atoms with Gasteiger partial charge >= 0.3 is 0 Å². The molecule has 0 aliphatic heterocycles. The molecule has 0 saturated heterocycles. The van der Waals surface area contributed by atoms with Crippen molar-refractivity contribution in [2.45, 2.75) is 13.8 Å². The summed E-state index contributed by atoms with van der Waals surface area (Å²) in [5.41, 5.74) is 1.32. The SMILES string of the molecule is CCN(CC)c1ccc(C(=O)c2ccccc2)cn1. The molecule has 0 bridgehead atoms. The van der Waals surface area contributed by atoms with E-state index in [0.717, 1.165) is 18.9 Å². The third-order valence-corrected chi connectivity index (χ3v) is 3.13. The Balaban J connectivity index is 2.21. The maximum atomic E-state index is 12.2. The quantitative estimate of drug-likeness (QED) is 0.768. The fourth-order valence-electron chi connectivity index (χ4n) is 2.01. The second-order valence-corrected chi connectivity index (χ2v) is 4.27. The summed E-state index contributed by atoms with van der Waals surface area (Å²) in [4.78, 5) is 18.7. The average Bonchev–Trinajstić information content (AvgIpc) is 2.49. The van der Waals surface area contributed by atoms with Gasteiger partial charge in [0, 0.05) is 30.4 Å². The molecule has 0 fully saturated rings. The highest BCUT2D eigenvalue weighted by Crippen LogP contribution is 2.13. The summed E-state index contributed by atoms with van der Waals surface area (Å²) >= 11 is 0. The van der Waals surface area contributed by atoms with E-state index in [-0.39, 0.29) is 5.78 Å². The number of ketones is 1. The van der Waals surface area contributed by atoms with Gasteiger partial charge in [0.05, 0.1) is 0 Å². The number of hydrogen-bond donors (Lipinski definition) is 0. The van der Waals surface area contributed by atoms with Crippen LogP contribution in [-0.4, -0.2) is 23.9 Å². The number of pyridine rings is 1. The number of hydrogen-bond acceptors (Lipinski definition) is 3.